The highest BCUT2D eigenvalue weighted by Gasteiger charge is 2.16. The van der Waals surface area contributed by atoms with Gasteiger partial charge in [-0.25, -0.2) is 0 Å². The molecule has 0 aliphatic carbocycles. The summed E-state index contributed by atoms with van der Waals surface area (Å²) in [6, 6.07) is 2.16. The van der Waals surface area contributed by atoms with Crippen molar-refractivity contribution in [2.45, 2.75) is 26.3 Å². The van der Waals surface area contributed by atoms with Crippen LogP contribution in [-0.4, -0.2) is 36.1 Å². The standard InChI is InChI=1S/C14H22BrN3/c1-2-18(10-12-4-3-5-16-7-12)11-13-6-14(15)9-17-8-13/h6,8-9,12,16H,2-5,7,10-11H2,1H3. The Morgan fingerprint density at radius 3 is 3.06 bits per heavy atom. The largest absolute Gasteiger partial charge is 0.316 e. The Bertz CT molecular complexity index is 364. The summed E-state index contributed by atoms with van der Waals surface area (Å²) in [6.07, 6.45) is 6.48. The summed E-state index contributed by atoms with van der Waals surface area (Å²) in [7, 11) is 0. The van der Waals surface area contributed by atoms with Gasteiger partial charge in [0.15, 0.2) is 0 Å². The minimum absolute atomic E-state index is 0.804. The number of nitrogens with zero attached hydrogens (tertiary/aromatic N) is 2. The van der Waals surface area contributed by atoms with E-state index < -0.39 is 0 Å². The third-order valence-corrected chi connectivity index (χ3v) is 3.96. The second kappa shape index (κ2) is 7.22. The van der Waals surface area contributed by atoms with Crippen LogP contribution < -0.4 is 5.32 Å². The van der Waals surface area contributed by atoms with Crippen LogP contribution in [0.5, 0.6) is 0 Å². The number of aromatic nitrogens is 1. The first-order valence-corrected chi connectivity index (χ1v) is 7.59. The minimum Gasteiger partial charge on any atom is -0.316 e. The molecule has 3 nitrogen and oxygen atoms in total. The molecular formula is C14H22BrN3. The molecule has 1 atom stereocenters. The highest BCUT2D eigenvalue weighted by molar-refractivity contribution is 9.10. The number of rotatable bonds is 5. The summed E-state index contributed by atoms with van der Waals surface area (Å²) in [4.78, 5) is 6.75. The average molecular weight is 312 g/mol. The first-order valence-electron chi connectivity index (χ1n) is 6.80. The van der Waals surface area contributed by atoms with Crippen LogP contribution in [0.15, 0.2) is 22.9 Å². The lowest BCUT2D eigenvalue weighted by Gasteiger charge is -2.29. The van der Waals surface area contributed by atoms with Crippen molar-refractivity contribution in [3.63, 3.8) is 0 Å². The molecule has 0 spiro atoms. The zero-order chi connectivity index (χ0) is 12.8. The maximum Gasteiger partial charge on any atom is 0.0410 e. The number of nitrogens with one attached hydrogen (secondary N) is 1. The maximum atomic E-state index is 4.23. The molecule has 4 heteroatoms. The van der Waals surface area contributed by atoms with Gasteiger partial charge < -0.3 is 5.32 Å². The third-order valence-electron chi connectivity index (χ3n) is 3.53. The fourth-order valence-corrected chi connectivity index (χ4v) is 2.96. The Morgan fingerprint density at radius 2 is 2.39 bits per heavy atom. The Balaban J connectivity index is 1.88. The van der Waals surface area contributed by atoms with E-state index in [0.29, 0.717) is 0 Å². The second-order valence-electron chi connectivity index (χ2n) is 5.05. The van der Waals surface area contributed by atoms with Gasteiger partial charge in [0.05, 0.1) is 0 Å². The number of piperidine rings is 1. The van der Waals surface area contributed by atoms with Gasteiger partial charge in [-0.15, -0.1) is 0 Å². The maximum absolute atomic E-state index is 4.23. The summed E-state index contributed by atoms with van der Waals surface area (Å²) >= 11 is 3.48. The summed E-state index contributed by atoms with van der Waals surface area (Å²) in [5, 5.41) is 3.49. The second-order valence-corrected chi connectivity index (χ2v) is 5.97. The van der Waals surface area contributed by atoms with Crippen LogP contribution in [0.4, 0.5) is 0 Å². The van der Waals surface area contributed by atoms with Gasteiger partial charge in [0, 0.05) is 30.0 Å². The molecule has 2 heterocycles. The van der Waals surface area contributed by atoms with E-state index in [9.17, 15) is 0 Å². The summed E-state index contributed by atoms with van der Waals surface area (Å²) in [5.41, 5.74) is 1.29. The van der Waals surface area contributed by atoms with E-state index >= 15 is 0 Å². The molecular weight excluding hydrogens is 290 g/mol. The van der Waals surface area contributed by atoms with E-state index in [1.54, 1.807) is 0 Å². The molecule has 100 valence electrons. The molecule has 18 heavy (non-hydrogen) atoms. The molecule has 1 aliphatic heterocycles. The topological polar surface area (TPSA) is 28.2 Å². The SMILES string of the molecule is CCN(Cc1cncc(Br)c1)CC1CCCNC1. The molecule has 1 saturated heterocycles. The van der Waals surface area contributed by atoms with Crippen LogP contribution in [0, 0.1) is 5.92 Å². The molecule has 2 rings (SSSR count). The average Bonchev–Trinajstić information content (AvgIpc) is 2.39. The van der Waals surface area contributed by atoms with Gasteiger partial charge >= 0.3 is 0 Å². The number of halogens is 1. The lowest BCUT2D eigenvalue weighted by atomic mass is 9.99. The van der Waals surface area contributed by atoms with Gasteiger partial charge in [-0.2, -0.15) is 0 Å². The number of hydrogen-bond donors (Lipinski definition) is 1. The predicted molar refractivity (Wildman–Crippen MR) is 78.5 cm³/mol. The lowest BCUT2D eigenvalue weighted by Crippen LogP contribution is -2.38. The van der Waals surface area contributed by atoms with E-state index in [1.165, 1.54) is 38.0 Å². The highest BCUT2D eigenvalue weighted by atomic mass is 79.9. The van der Waals surface area contributed by atoms with E-state index in [1.807, 2.05) is 12.4 Å². The van der Waals surface area contributed by atoms with Crippen LogP contribution in [0.25, 0.3) is 0 Å². The third kappa shape index (κ3) is 4.34. The molecule has 0 aromatic carbocycles. The zero-order valence-electron chi connectivity index (χ0n) is 11.0. The van der Waals surface area contributed by atoms with Crippen molar-refractivity contribution < 1.29 is 0 Å². The van der Waals surface area contributed by atoms with Crippen molar-refractivity contribution in [3.8, 4) is 0 Å². The smallest absolute Gasteiger partial charge is 0.0410 e. The van der Waals surface area contributed by atoms with Crippen molar-refractivity contribution >= 4 is 15.9 Å². The summed E-state index contributed by atoms with van der Waals surface area (Å²) in [5.74, 6) is 0.804. The van der Waals surface area contributed by atoms with E-state index in [0.717, 1.165) is 23.5 Å². The first-order chi connectivity index (χ1) is 8.78. The molecule has 0 radical (unpaired) electrons. The molecule has 0 saturated carbocycles. The Kier molecular flexibility index (Phi) is 5.60. The predicted octanol–water partition coefficient (Wildman–Crippen LogP) is 2.67. The molecule has 1 fully saturated rings. The van der Waals surface area contributed by atoms with Gasteiger partial charge in [0.1, 0.15) is 0 Å². The van der Waals surface area contributed by atoms with Gasteiger partial charge in [-0.3, -0.25) is 9.88 Å². The summed E-state index contributed by atoms with van der Waals surface area (Å²) in [6.45, 7) is 7.89. The van der Waals surface area contributed by atoms with Crippen molar-refractivity contribution in [3.05, 3.63) is 28.5 Å². The Labute approximate surface area is 118 Å². The van der Waals surface area contributed by atoms with Crippen molar-refractivity contribution in [2.24, 2.45) is 5.92 Å². The monoisotopic (exact) mass is 311 g/mol. The van der Waals surface area contributed by atoms with Crippen LogP contribution in [0.1, 0.15) is 25.3 Å². The van der Waals surface area contributed by atoms with Crippen LogP contribution in [0.3, 0.4) is 0 Å². The van der Waals surface area contributed by atoms with Crippen molar-refractivity contribution in [1.82, 2.24) is 15.2 Å². The molecule has 1 aliphatic rings. The normalized spacial score (nSPS) is 20.3. The molecule has 1 N–H and O–H groups in total. The van der Waals surface area contributed by atoms with Gasteiger partial charge in [0.2, 0.25) is 0 Å². The minimum atomic E-state index is 0.804. The first kappa shape index (κ1) is 14.0. The van der Waals surface area contributed by atoms with E-state index in [2.05, 4.69) is 44.1 Å². The Morgan fingerprint density at radius 1 is 1.50 bits per heavy atom. The zero-order valence-corrected chi connectivity index (χ0v) is 12.6. The van der Waals surface area contributed by atoms with Crippen LogP contribution >= 0.6 is 15.9 Å². The Hall–Kier alpha value is -0.450. The summed E-state index contributed by atoms with van der Waals surface area (Å²) < 4.78 is 1.07. The number of pyridine rings is 1. The number of hydrogen-bond acceptors (Lipinski definition) is 3. The van der Waals surface area contributed by atoms with Crippen molar-refractivity contribution in [2.75, 3.05) is 26.2 Å². The molecule has 1 unspecified atom stereocenters. The van der Waals surface area contributed by atoms with E-state index in [-0.39, 0.29) is 0 Å². The van der Waals surface area contributed by atoms with E-state index in [4.69, 9.17) is 0 Å². The molecule has 1 aromatic heterocycles. The van der Waals surface area contributed by atoms with Gasteiger partial charge in [0.25, 0.3) is 0 Å². The fraction of sp³-hybridized carbons (Fsp3) is 0.643. The lowest BCUT2D eigenvalue weighted by molar-refractivity contribution is 0.209. The molecule has 1 aromatic rings. The highest BCUT2D eigenvalue weighted by Crippen LogP contribution is 2.15. The molecule has 0 bridgehead atoms. The van der Waals surface area contributed by atoms with Gasteiger partial charge in [-0.1, -0.05) is 6.92 Å². The molecule has 0 amide bonds. The van der Waals surface area contributed by atoms with Crippen LogP contribution in [0.2, 0.25) is 0 Å². The fourth-order valence-electron chi connectivity index (χ4n) is 2.55. The quantitative estimate of drug-likeness (QED) is 0.906. The van der Waals surface area contributed by atoms with Crippen molar-refractivity contribution in [1.29, 1.82) is 0 Å². The van der Waals surface area contributed by atoms with Crippen LogP contribution in [-0.2, 0) is 6.54 Å². The van der Waals surface area contributed by atoms with Gasteiger partial charge in [-0.05, 0) is 66.0 Å².